The molecule has 0 saturated carbocycles. The number of nitrogens with one attached hydrogen (secondary N) is 1. The van der Waals surface area contributed by atoms with Crippen LogP contribution in [-0.2, 0) is 16.1 Å². The third-order valence-corrected chi connectivity index (χ3v) is 3.36. The van der Waals surface area contributed by atoms with Gasteiger partial charge in [-0.05, 0) is 41.5 Å². The van der Waals surface area contributed by atoms with Gasteiger partial charge in [-0.2, -0.15) is 5.26 Å². The first kappa shape index (κ1) is 17.9. The Morgan fingerprint density at radius 3 is 2.32 bits per heavy atom. The van der Waals surface area contributed by atoms with Crippen LogP contribution in [0.15, 0.2) is 54.1 Å². The summed E-state index contributed by atoms with van der Waals surface area (Å²) in [4.78, 5) is 23.0. The van der Waals surface area contributed by atoms with E-state index in [1.807, 2.05) is 18.2 Å². The molecule has 2 aromatic carbocycles. The highest BCUT2D eigenvalue weighted by Gasteiger charge is 2.10. The maximum atomic E-state index is 12.2. The minimum absolute atomic E-state index is 0.0539. The van der Waals surface area contributed by atoms with Crippen molar-refractivity contribution in [2.45, 2.75) is 6.61 Å². The molecule has 2 aromatic rings. The number of amides is 1. The average Bonchev–Trinajstić information content (AvgIpc) is 2.61. The molecule has 0 unspecified atom stereocenters. The summed E-state index contributed by atoms with van der Waals surface area (Å²) in [7, 11) is 1.61. The highest BCUT2D eigenvalue weighted by atomic mass is 16.5. The second kappa shape index (κ2) is 8.43. The number of rotatable bonds is 6. The molecule has 0 aliphatic carbocycles. The number of carboxylic acid groups (broad SMARTS) is 1. The number of carbonyl (C=O) groups is 2. The quantitative estimate of drug-likeness (QED) is 0.624. The second-order valence-corrected chi connectivity index (χ2v) is 5.18. The molecule has 0 bridgehead atoms. The Kier molecular flexibility index (Phi) is 6.04. The zero-order chi connectivity index (χ0) is 18.2. The van der Waals surface area contributed by atoms with Crippen LogP contribution in [0.5, 0.6) is 0 Å². The molecule has 0 aliphatic rings. The third-order valence-electron chi connectivity index (χ3n) is 3.36. The van der Waals surface area contributed by atoms with E-state index in [-0.39, 0.29) is 11.1 Å². The smallest absolute Gasteiger partial charge is 0.335 e. The molecule has 2 N–H and O–H groups in total. The minimum Gasteiger partial charge on any atom is -0.478 e. The largest absolute Gasteiger partial charge is 0.478 e. The highest BCUT2D eigenvalue weighted by Crippen LogP contribution is 2.13. The predicted molar refractivity (Wildman–Crippen MR) is 92.8 cm³/mol. The first-order chi connectivity index (χ1) is 12.0. The van der Waals surface area contributed by atoms with Gasteiger partial charge in [0, 0.05) is 12.8 Å². The number of carbonyl (C=O) groups excluding carboxylic acids is 1. The fraction of sp³-hybridized carbons (Fsp3) is 0.105. The Labute approximate surface area is 145 Å². The molecule has 6 heteroatoms. The summed E-state index contributed by atoms with van der Waals surface area (Å²) in [5.41, 5.74) is 2.17. The predicted octanol–water partition coefficient (Wildman–Crippen LogP) is 3.08. The summed E-state index contributed by atoms with van der Waals surface area (Å²) in [6.07, 6.45) is 1.48. The van der Waals surface area contributed by atoms with E-state index >= 15 is 0 Å². The van der Waals surface area contributed by atoms with Gasteiger partial charge in [-0.1, -0.05) is 24.3 Å². The van der Waals surface area contributed by atoms with Crippen LogP contribution in [0.2, 0.25) is 0 Å². The van der Waals surface area contributed by atoms with Gasteiger partial charge >= 0.3 is 5.97 Å². The molecule has 1 amide bonds. The van der Waals surface area contributed by atoms with Crippen molar-refractivity contribution in [2.75, 3.05) is 12.4 Å². The van der Waals surface area contributed by atoms with E-state index in [4.69, 9.17) is 9.84 Å². The molecule has 0 saturated heterocycles. The number of aromatic carboxylic acids is 1. The number of methoxy groups -OCH3 is 1. The molecule has 126 valence electrons. The van der Waals surface area contributed by atoms with E-state index in [1.165, 1.54) is 30.3 Å². The van der Waals surface area contributed by atoms with Gasteiger partial charge in [0.15, 0.2) is 0 Å². The molecule has 2 rings (SSSR count). The maximum absolute atomic E-state index is 12.2. The molecule has 0 aliphatic heterocycles. The van der Waals surface area contributed by atoms with Crippen LogP contribution < -0.4 is 5.32 Å². The van der Waals surface area contributed by atoms with Crippen molar-refractivity contribution in [1.29, 1.82) is 5.26 Å². The highest BCUT2D eigenvalue weighted by molar-refractivity contribution is 6.09. The van der Waals surface area contributed by atoms with Gasteiger partial charge in [0.2, 0.25) is 0 Å². The lowest BCUT2D eigenvalue weighted by Crippen LogP contribution is -2.13. The summed E-state index contributed by atoms with van der Waals surface area (Å²) in [6.45, 7) is 0.488. The molecule has 0 atom stereocenters. The number of hydrogen-bond donors (Lipinski definition) is 2. The van der Waals surface area contributed by atoms with Gasteiger partial charge in [0.1, 0.15) is 11.6 Å². The topological polar surface area (TPSA) is 99.4 Å². The number of hydrogen-bond acceptors (Lipinski definition) is 4. The number of nitriles is 1. The standard InChI is InChI=1S/C19H16N2O4/c1-25-12-14-4-2-13(3-5-14)10-16(11-20)18(22)21-17-8-6-15(7-9-17)19(23)24/h2-10H,12H2,1H3,(H,21,22)(H,23,24). The monoisotopic (exact) mass is 336 g/mol. The average molecular weight is 336 g/mol. The fourth-order valence-electron chi connectivity index (χ4n) is 2.09. The lowest BCUT2D eigenvalue weighted by Gasteiger charge is -2.05. The van der Waals surface area contributed by atoms with Gasteiger partial charge in [0.25, 0.3) is 5.91 Å². The fourth-order valence-corrected chi connectivity index (χ4v) is 2.09. The zero-order valence-corrected chi connectivity index (χ0v) is 13.5. The van der Waals surface area contributed by atoms with E-state index in [2.05, 4.69) is 5.32 Å². The SMILES string of the molecule is COCc1ccc(C=C(C#N)C(=O)Nc2ccc(C(=O)O)cc2)cc1. The first-order valence-electron chi connectivity index (χ1n) is 7.38. The molecule has 0 spiro atoms. The van der Waals surface area contributed by atoms with Crippen LogP contribution in [0.3, 0.4) is 0 Å². The van der Waals surface area contributed by atoms with Gasteiger partial charge in [-0.3, -0.25) is 4.79 Å². The van der Waals surface area contributed by atoms with Crippen LogP contribution in [0, 0.1) is 11.3 Å². The molecular formula is C19H16N2O4. The normalized spacial score (nSPS) is 10.8. The van der Waals surface area contributed by atoms with Crippen LogP contribution >= 0.6 is 0 Å². The van der Waals surface area contributed by atoms with E-state index in [9.17, 15) is 14.9 Å². The summed E-state index contributed by atoms with van der Waals surface area (Å²) >= 11 is 0. The van der Waals surface area contributed by atoms with E-state index in [0.29, 0.717) is 17.9 Å². The third kappa shape index (κ3) is 5.03. The van der Waals surface area contributed by atoms with Crippen molar-refractivity contribution in [3.05, 3.63) is 70.8 Å². The zero-order valence-electron chi connectivity index (χ0n) is 13.5. The van der Waals surface area contributed by atoms with E-state index in [0.717, 1.165) is 5.56 Å². The lowest BCUT2D eigenvalue weighted by molar-refractivity contribution is -0.112. The second-order valence-electron chi connectivity index (χ2n) is 5.18. The molecule has 0 radical (unpaired) electrons. The van der Waals surface area contributed by atoms with Gasteiger partial charge in [-0.15, -0.1) is 0 Å². The first-order valence-corrected chi connectivity index (χ1v) is 7.38. The lowest BCUT2D eigenvalue weighted by atomic mass is 10.1. The van der Waals surface area contributed by atoms with Crippen molar-refractivity contribution in [3.8, 4) is 6.07 Å². The number of benzene rings is 2. The van der Waals surface area contributed by atoms with Crippen LogP contribution in [-0.4, -0.2) is 24.1 Å². The molecule has 0 aromatic heterocycles. The van der Waals surface area contributed by atoms with Gasteiger partial charge in [-0.25, -0.2) is 4.79 Å². The Morgan fingerprint density at radius 1 is 1.16 bits per heavy atom. The Hall–Kier alpha value is -3.43. The molecule has 25 heavy (non-hydrogen) atoms. The van der Waals surface area contributed by atoms with E-state index < -0.39 is 11.9 Å². The minimum atomic E-state index is -1.05. The maximum Gasteiger partial charge on any atom is 0.335 e. The molecule has 0 heterocycles. The number of anilines is 1. The Balaban J connectivity index is 2.12. The number of nitrogens with zero attached hydrogens (tertiary/aromatic N) is 1. The molecular weight excluding hydrogens is 320 g/mol. The summed E-state index contributed by atoms with van der Waals surface area (Å²) < 4.78 is 5.03. The van der Waals surface area contributed by atoms with Crippen LogP contribution in [0.4, 0.5) is 5.69 Å². The molecule has 6 nitrogen and oxygen atoms in total. The van der Waals surface area contributed by atoms with Gasteiger partial charge in [0.05, 0.1) is 12.2 Å². The Bertz CT molecular complexity index is 831. The van der Waals surface area contributed by atoms with Crippen LogP contribution in [0.1, 0.15) is 21.5 Å². The van der Waals surface area contributed by atoms with Crippen molar-refractivity contribution < 1.29 is 19.4 Å². The Morgan fingerprint density at radius 2 is 1.80 bits per heavy atom. The number of carboxylic acids is 1. The summed E-state index contributed by atoms with van der Waals surface area (Å²) in [5, 5.41) is 20.6. The van der Waals surface area contributed by atoms with Crippen LogP contribution in [0.25, 0.3) is 6.08 Å². The van der Waals surface area contributed by atoms with Crippen molar-refractivity contribution >= 4 is 23.6 Å². The summed E-state index contributed by atoms with van der Waals surface area (Å²) in [6, 6.07) is 14.9. The van der Waals surface area contributed by atoms with Crippen molar-refractivity contribution in [1.82, 2.24) is 0 Å². The molecule has 0 fully saturated rings. The van der Waals surface area contributed by atoms with E-state index in [1.54, 1.807) is 19.2 Å². The number of ether oxygens (including phenoxy) is 1. The van der Waals surface area contributed by atoms with Crippen molar-refractivity contribution in [3.63, 3.8) is 0 Å². The van der Waals surface area contributed by atoms with Crippen molar-refractivity contribution in [2.24, 2.45) is 0 Å². The summed E-state index contributed by atoms with van der Waals surface area (Å²) in [5.74, 6) is -1.61. The van der Waals surface area contributed by atoms with Gasteiger partial charge < -0.3 is 15.2 Å².